The van der Waals surface area contributed by atoms with Gasteiger partial charge in [0.15, 0.2) is 11.6 Å². The number of benzene rings is 2. The van der Waals surface area contributed by atoms with Gasteiger partial charge in [-0.3, -0.25) is 0 Å². The summed E-state index contributed by atoms with van der Waals surface area (Å²) in [4.78, 5) is 14.0. The highest BCUT2D eigenvalue weighted by molar-refractivity contribution is 5.85. The van der Waals surface area contributed by atoms with Crippen molar-refractivity contribution in [2.75, 3.05) is 26.2 Å². The van der Waals surface area contributed by atoms with Gasteiger partial charge < -0.3 is 19.7 Å². The van der Waals surface area contributed by atoms with E-state index in [9.17, 15) is 9.18 Å². The number of nitrogens with zero attached hydrogens (tertiary/aromatic N) is 1. The molecule has 1 amide bonds. The van der Waals surface area contributed by atoms with Gasteiger partial charge >= 0.3 is 6.09 Å². The van der Waals surface area contributed by atoms with E-state index in [1.54, 1.807) is 23.1 Å². The standard InChI is InChI=1S/C20H23FN2O3.ClH/c21-18-8-4-5-9-19(18)25-13-10-17-14-23(12-11-22-17)20(24)26-15-16-6-2-1-3-7-16;/h1-9,17,22H,10-15H2;1H/t17-;/m1./s1. The van der Waals surface area contributed by atoms with Crippen molar-refractivity contribution in [2.45, 2.75) is 19.1 Å². The van der Waals surface area contributed by atoms with Gasteiger partial charge in [-0.1, -0.05) is 42.5 Å². The van der Waals surface area contributed by atoms with E-state index < -0.39 is 0 Å². The number of hydrogen-bond acceptors (Lipinski definition) is 4. The Morgan fingerprint density at radius 1 is 1.15 bits per heavy atom. The number of carbonyl (C=O) groups excluding carboxylic acids is 1. The number of rotatable bonds is 6. The number of amides is 1. The minimum absolute atomic E-state index is 0. The average Bonchev–Trinajstić information content (AvgIpc) is 2.69. The molecule has 2 aromatic rings. The van der Waals surface area contributed by atoms with Crippen LogP contribution in [0.25, 0.3) is 0 Å². The van der Waals surface area contributed by atoms with Crippen LogP contribution >= 0.6 is 12.4 Å². The van der Waals surface area contributed by atoms with Crippen LogP contribution in [0.15, 0.2) is 54.6 Å². The topological polar surface area (TPSA) is 50.8 Å². The van der Waals surface area contributed by atoms with E-state index >= 15 is 0 Å². The van der Waals surface area contributed by atoms with Gasteiger partial charge in [0.25, 0.3) is 0 Å². The van der Waals surface area contributed by atoms with Crippen LogP contribution in [0.1, 0.15) is 12.0 Å². The van der Waals surface area contributed by atoms with Gasteiger partial charge in [0, 0.05) is 25.7 Å². The van der Waals surface area contributed by atoms with E-state index in [1.165, 1.54) is 6.07 Å². The molecule has 27 heavy (non-hydrogen) atoms. The van der Waals surface area contributed by atoms with Crippen molar-refractivity contribution in [1.82, 2.24) is 10.2 Å². The second kappa shape index (κ2) is 10.7. The summed E-state index contributed by atoms with van der Waals surface area (Å²) < 4.78 is 24.4. The monoisotopic (exact) mass is 394 g/mol. The molecule has 0 aliphatic carbocycles. The lowest BCUT2D eigenvalue weighted by Crippen LogP contribution is -2.53. The molecular formula is C20H24ClFN2O3. The molecule has 1 aliphatic heterocycles. The highest BCUT2D eigenvalue weighted by Crippen LogP contribution is 2.16. The maximum atomic E-state index is 13.5. The molecule has 1 aliphatic rings. The molecule has 3 rings (SSSR count). The third kappa shape index (κ3) is 6.41. The smallest absolute Gasteiger partial charge is 0.410 e. The number of piperazine rings is 1. The van der Waals surface area contributed by atoms with Crippen LogP contribution in [0.3, 0.4) is 0 Å². The Kier molecular flexibility index (Phi) is 8.36. The van der Waals surface area contributed by atoms with Crippen molar-refractivity contribution < 1.29 is 18.7 Å². The number of para-hydroxylation sites is 1. The van der Waals surface area contributed by atoms with Crippen LogP contribution in [-0.4, -0.2) is 43.3 Å². The predicted molar refractivity (Wildman–Crippen MR) is 104 cm³/mol. The quantitative estimate of drug-likeness (QED) is 0.812. The van der Waals surface area contributed by atoms with Gasteiger partial charge in [0.05, 0.1) is 6.61 Å². The predicted octanol–water partition coefficient (Wildman–Crippen LogP) is 3.63. The summed E-state index contributed by atoms with van der Waals surface area (Å²) in [6.45, 7) is 2.51. The molecule has 1 N–H and O–H groups in total. The van der Waals surface area contributed by atoms with Gasteiger partial charge in [-0.15, -0.1) is 12.4 Å². The summed E-state index contributed by atoms with van der Waals surface area (Å²) in [6, 6.07) is 16.1. The van der Waals surface area contributed by atoms with Gasteiger partial charge in [0.2, 0.25) is 0 Å². The summed E-state index contributed by atoms with van der Waals surface area (Å²) >= 11 is 0. The van der Waals surface area contributed by atoms with Crippen LogP contribution in [0, 0.1) is 5.82 Å². The number of hydrogen-bond donors (Lipinski definition) is 1. The Morgan fingerprint density at radius 2 is 1.89 bits per heavy atom. The fourth-order valence-corrected chi connectivity index (χ4v) is 2.87. The Bertz CT molecular complexity index is 717. The van der Waals surface area contributed by atoms with Crippen LogP contribution in [0.2, 0.25) is 0 Å². The van der Waals surface area contributed by atoms with E-state index in [1.807, 2.05) is 30.3 Å². The van der Waals surface area contributed by atoms with E-state index in [0.717, 1.165) is 5.56 Å². The largest absolute Gasteiger partial charge is 0.490 e. The molecule has 1 atom stereocenters. The summed E-state index contributed by atoms with van der Waals surface area (Å²) in [6.07, 6.45) is 0.368. The van der Waals surface area contributed by atoms with Crippen molar-refractivity contribution in [1.29, 1.82) is 0 Å². The number of nitrogens with one attached hydrogen (secondary N) is 1. The third-order valence-electron chi connectivity index (χ3n) is 4.28. The number of halogens is 2. The zero-order valence-electron chi connectivity index (χ0n) is 15.0. The normalized spacial score (nSPS) is 16.3. The van der Waals surface area contributed by atoms with Crippen molar-refractivity contribution in [3.63, 3.8) is 0 Å². The molecule has 1 saturated heterocycles. The van der Waals surface area contributed by atoms with E-state index in [2.05, 4.69) is 5.32 Å². The maximum absolute atomic E-state index is 13.5. The second-order valence-electron chi connectivity index (χ2n) is 6.20. The minimum atomic E-state index is -0.366. The van der Waals surface area contributed by atoms with Crippen LogP contribution < -0.4 is 10.1 Å². The van der Waals surface area contributed by atoms with Crippen molar-refractivity contribution in [3.8, 4) is 5.75 Å². The zero-order valence-corrected chi connectivity index (χ0v) is 15.8. The summed E-state index contributed by atoms with van der Waals surface area (Å²) in [5.41, 5.74) is 0.964. The highest BCUT2D eigenvalue weighted by Gasteiger charge is 2.24. The average molecular weight is 395 g/mol. The first-order valence-corrected chi connectivity index (χ1v) is 8.79. The second-order valence-corrected chi connectivity index (χ2v) is 6.20. The summed E-state index contributed by atoms with van der Waals surface area (Å²) in [5, 5.41) is 3.36. The summed E-state index contributed by atoms with van der Waals surface area (Å²) in [7, 11) is 0. The molecule has 5 nitrogen and oxygen atoms in total. The zero-order chi connectivity index (χ0) is 18.2. The van der Waals surface area contributed by atoms with Gasteiger partial charge in [-0.25, -0.2) is 9.18 Å². The van der Waals surface area contributed by atoms with Crippen molar-refractivity contribution >= 4 is 18.5 Å². The van der Waals surface area contributed by atoms with Crippen LogP contribution in [0.4, 0.5) is 9.18 Å². The first-order valence-electron chi connectivity index (χ1n) is 8.79. The fraction of sp³-hybridized carbons (Fsp3) is 0.350. The van der Waals surface area contributed by atoms with Gasteiger partial charge in [0.1, 0.15) is 6.61 Å². The molecule has 0 aromatic heterocycles. The highest BCUT2D eigenvalue weighted by atomic mass is 35.5. The third-order valence-corrected chi connectivity index (χ3v) is 4.28. The molecule has 0 unspecified atom stereocenters. The Morgan fingerprint density at radius 3 is 2.67 bits per heavy atom. The number of carbonyl (C=O) groups is 1. The lowest BCUT2D eigenvalue weighted by atomic mass is 10.1. The molecular weight excluding hydrogens is 371 g/mol. The van der Waals surface area contributed by atoms with E-state index in [0.29, 0.717) is 32.7 Å². The summed E-state index contributed by atoms with van der Waals surface area (Å²) in [5.74, 6) is -0.113. The van der Waals surface area contributed by atoms with Gasteiger partial charge in [-0.2, -0.15) is 0 Å². The van der Waals surface area contributed by atoms with Crippen molar-refractivity contribution in [3.05, 3.63) is 66.0 Å². The van der Waals surface area contributed by atoms with Gasteiger partial charge in [-0.05, 0) is 24.1 Å². The lowest BCUT2D eigenvalue weighted by Gasteiger charge is -2.33. The Labute approximate surface area is 164 Å². The van der Waals surface area contributed by atoms with Crippen LogP contribution in [-0.2, 0) is 11.3 Å². The van der Waals surface area contributed by atoms with Crippen molar-refractivity contribution in [2.24, 2.45) is 0 Å². The van der Waals surface area contributed by atoms with Crippen LogP contribution in [0.5, 0.6) is 5.75 Å². The first-order chi connectivity index (χ1) is 12.7. The first kappa shape index (κ1) is 21.0. The Hall–Kier alpha value is -2.31. The molecule has 7 heteroatoms. The van der Waals surface area contributed by atoms with E-state index in [4.69, 9.17) is 9.47 Å². The fourth-order valence-electron chi connectivity index (χ4n) is 2.87. The Balaban J connectivity index is 0.00000261. The molecule has 2 aromatic carbocycles. The van der Waals surface area contributed by atoms with E-state index in [-0.39, 0.29) is 42.7 Å². The molecule has 0 saturated carbocycles. The lowest BCUT2D eigenvalue weighted by molar-refractivity contribution is 0.0826. The maximum Gasteiger partial charge on any atom is 0.410 e. The number of ether oxygens (including phenoxy) is 2. The molecule has 1 fully saturated rings. The molecule has 0 bridgehead atoms. The molecule has 1 heterocycles. The molecule has 146 valence electrons. The minimum Gasteiger partial charge on any atom is -0.490 e. The molecule has 0 spiro atoms. The molecule has 0 radical (unpaired) electrons. The SMILES string of the molecule is Cl.O=C(OCc1ccccc1)N1CCN[C@H](CCOc2ccccc2F)C1.